The normalized spacial score (nSPS) is 13.2. The molecule has 0 fully saturated rings. The number of aromatic hydroxyl groups is 1. The van der Waals surface area contributed by atoms with Crippen molar-refractivity contribution in [1.82, 2.24) is 20.4 Å². The molecule has 0 aliphatic heterocycles. The minimum Gasteiger partial charge on any atom is -0.508 e. The summed E-state index contributed by atoms with van der Waals surface area (Å²) in [7, 11) is 3.87. The summed E-state index contributed by atoms with van der Waals surface area (Å²) < 4.78 is 0. The van der Waals surface area contributed by atoms with Gasteiger partial charge in [-0.05, 0) is 58.1 Å². The Hall–Kier alpha value is -2.87. The lowest BCUT2D eigenvalue weighted by atomic mass is 10.1. The number of likely N-dealkylation sites (N-methyl/N-ethyl adjacent to an activating group) is 1. The van der Waals surface area contributed by atoms with E-state index in [4.69, 9.17) is 0 Å². The fourth-order valence-corrected chi connectivity index (χ4v) is 2.59. The average molecular weight is 390 g/mol. The molecule has 0 aliphatic rings. The van der Waals surface area contributed by atoms with Gasteiger partial charge in [0.1, 0.15) is 5.75 Å². The van der Waals surface area contributed by atoms with Crippen molar-refractivity contribution in [1.29, 1.82) is 0 Å². The highest BCUT2D eigenvalue weighted by atomic mass is 16.3. The van der Waals surface area contributed by atoms with Gasteiger partial charge in [-0.3, -0.25) is 14.5 Å². The maximum absolute atomic E-state index is 12.2. The van der Waals surface area contributed by atoms with Crippen LogP contribution in [0.15, 0.2) is 36.4 Å². The van der Waals surface area contributed by atoms with Gasteiger partial charge in [-0.1, -0.05) is 18.2 Å². The van der Waals surface area contributed by atoms with E-state index in [-0.39, 0.29) is 24.4 Å². The van der Waals surface area contributed by atoms with Crippen molar-refractivity contribution in [2.45, 2.75) is 32.4 Å². The molecule has 0 aromatic heterocycles. The third kappa shape index (κ3) is 8.22. The number of hydrogen-bond donors (Lipinski definition) is 3. The molecule has 0 saturated heterocycles. The standard InChI is InChI=1S/C20H30N4O4/c1-5-6-19(27)24(14-25)13-15(2)22-20(28)21-12-17(23(3)4)11-16-7-9-18(26)10-8-16/h5-10,14-15,17,26H,11-13H2,1-4H3,(H2,21,22,28)/b6-5-. The third-order valence-electron chi connectivity index (χ3n) is 4.20. The first-order valence-electron chi connectivity index (χ1n) is 9.14. The number of allylic oxidation sites excluding steroid dienone is 1. The van der Waals surface area contributed by atoms with Crippen molar-refractivity contribution in [2.75, 3.05) is 27.2 Å². The van der Waals surface area contributed by atoms with E-state index < -0.39 is 11.9 Å². The first kappa shape index (κ1) is 23.2. The summed E-state index contributed by atoms with van der Waals surface area (Å²) in [4.78, 5) is 38.0. The number of amides is 4. The molecule has 8 heteroatoms. The van der Waals surface area contributed by atoms with E-state index in [0.717, 1.165) is 10.5 Å². The molecule has 2 atom stereocenters. The number of benzene rings is 1. The summed E-state index contributed by atoms with van der Waals surface area (Å²) in [5.74, 6) is -0.206. The van der Waals surface area contributed by atoms with Gasteiger partial charge in [-0.2, -0.15) is 0 Å². The summed E-state index contributed by atoms with van der Waals surface area (Å²) in [5, 5.41) is 14.9. The Labute approximate surface area is 166 Å². The highest BCUT2D eigenvalue weighted by Gasteiger charge is 2.17. The second-order valence-electron chi connectivity index (χ2n) is 6.84. The van der Waals surface area contributed by atoms with Crippen LogP contribution < -0.4 is 10.6 Å². The van der Waals surface area contributed by atoms with E-state index in [0.29, 0.717) is 19.4 Å². The molecule has 0 heterocycles. The van der Waals surface area contributed by atoms with Crippen LogP contribution in [0.5, 0.6) is 5.75 Å². The quantitative estimate of drug-likeness (QED) is 0.410. The number of carbonyl (C=O) groups excluding carboxylic acids is 3. The van der Waals surface area contributed by atoms with E-state index in [1.54, 1.807) is 32.1 Å². The summed E-state index contributed by atoms with van der Waals surface area (Å²) in [6, 6.07) is 6.28. The maximum Gasteiger partial charge on any atom is 0.315 e. The Balaban J connectivity index is 2.52. The summed E-state index contributed by atoms with van der Waals surface area (Å²) >= 11 is 0. The van der Waals surface area contributed by atoms with Crippen molar-refractivity contribution < 1.29 is 19.5 Å². The molecule has 0 aliphatic carbocycles. The molecule has 0 saturated carbocycles. The molecule has 4 amide bonds. The van der Waals surface area contributed by atoms with E-state index in [1.807, 2.05) is 31.1 Å². The zero-order chi connectivity index (χ0) is 21.1. The molecule has 28 heavy (non-hydrogen) atoms. The number of phenols is 1. The predicted molar refractivity (Wildman–Crippen MR) is 108 cm³/mol. The van der Waals surface area contributed by atoms with Crippen molar-refractivity contribution >= 4 is 18.3 Å². The van der Waals surface area contributed by atoms with E-state index >= 15 is 0 Å². The zero-order valence-corrected chi connectivity index (χ0v) is 16.9. The van der Waals surface area contributed by atoms with Gasteiger partial charge in [0.25, 0.3) is 5.91 Å². The molecule has 1 rings (SSSR count). The van der Waals surface area contributed by atoms with Crippen LogP contribution in [-0.4, -0.2) is 72.5 Å². The third-order valence-corrected chi connectivity index (χ3v) is 4.20. The summed E-state index contributed by atoms with van der Waals surface area (Å²) in [6.07, 6.45) is 4.02. The second-order valence-corrected chi connectivity index (χ2v) is 6.84. The lowest BCUT2D eigenvalue weighted by Gasteiger charge is -2.26. The van der Waals surface area contributed by atoms with E-state index in [1.165, 1.54) is 6.08 Å². The van der Waals surface area contributed by atoms with Crippen LogP contribution in [0.3, 0.4) is 0 Å². The number of imide groups is 1. The van der Waals surface area contributed by atoms with Crippen LogP contribution in [0, 0.1) is 0 Å². The van der Waals surface area contributed by atoms with Crippen LogP contribution in [0.2, 0.25) is 0 Å². The van der Waals surface area contributed by atoms with Gasteiger partial charge in [-0.25, -0.2) is 4.79 Å². The number of rotatable bonds is 10. The Morgan fingerprint density at radius 2 is 1.86 bits per heavy atom. The van der Waals surface area contributed by atoms with Crippen LogP contribution >= 0.6 is 0 Å². The fourth-order valence-electron chi connectivity index (χ4n) is 2.59. The number of phenolic OH excluding ortho intramolecular Hbond substituents is 1. The van der Waals surface area contributed by atoms with Crippen molar-refractivity contribution in [3.63, 3.8) is 0 Å². The first-order chi connectivity index (χ1) is 13.3. The van der Waals surface area contributed by atoms with Gasteiger partial charge in [0.15, 0.2) is 0 Å². The van der Waals surface area contributed by atoms with Gasteiger partial charge in [0, 0.05) is 25.2 Å². The molecular formula is C20H30N4O4. The fraction of sp³-hybridized carbons (Fsp3) is 0.450. The summed E-state index contributed by atoms with van der Waals surface area (Å²) in [5.41, 5.74) is 1.05. The number of nitrogens with zero attached hydrogens (tertiary/aromatic N) is 2. The van der Waals surface area contributed by atoms with Gasteiger partial charge in [-0.15, -0.1) is 0 Å². The minimum absolute atomic E-state index is 0.0633. The van der Waals surface area contributed by atoms with Crippen molar-refractivity contribution in [3.05, 3.63) is 42.0 Å². The van der Waals surface area contributed by atoms with Gasteiger partial charge >= 0.3 is 6.03 Å². The van der Waals surface area contributed by atoms with Crippen LogP contribution in [0.4, 0.5) is 4.79 Å². The smallest absolute Gasteiger partial charge is 0.315 e. The monoisotopic (exact) mass is 390 g/mol. The topological polar surface area (TPSA) is 102 Å². The van der Waals surface area contributed by atoms with Crippen molar-refractivity contribution in [3.8, 4) is 5.75 Å². The van der Waals surface area contributed by atoms with Crippen LogP contribution in [-0.2, 0) is 16.0 Å². The first-order valence-corrected chi connectivity index (χ1v) is 9.14. The molecule has 2 unspecified atom stereocenters. The molecule has 1 aromatic rings. The van der Waals surface area contributed by atoms with Gasteiger partial charge in [0.05, 0.1) is 0 Å². The number of carbonyl (C=O) groups is 3. The SMILES string of the molecule is C/C=C\C(=O)N(C=O)CC(C)NC(=O)NCC(Cc1ccc(O)cc1)N(C)C. The molecule has 154 valence electrons. The largest absolute Gasteiger partial charge is 0.508 e. The Kier molecular flexibility index (Phi) is 9.73. The van der Waals surface area contributed by atoms with E-state index in [9.17, 15) is 19.5 Å². The molecule has 0 spiro atoms. The Morgan fingerprint density at radius 1 is 1.21 bits per heavy atom. The second kappa shape index (κ2) is 11.8. The van der Waals surface area contributed by atoms with E-state index in [2.05, 4.69) is 10.6 Å². The predicted octanol–water partition coefficient (Wildman–Crippen LogP) is 1.11. The molecule has 3 N–H and O–H groups in total. The molecule has 0 radical (unpaired) electrons. The Bertz CT molecular complexity index is 673. The lowest BCUT2D eigenvalue weighted by Crippen LogP contribution is -2.50. The van der Waals surface area contributed by atoms with Crippen LogP contribution in [0.1, 0.15) is 19.4 Å². The van der Waals surface area contributed by atoms with Crippen LogP contribution in [0.25, 0.3) is 0 Å². The molecule has 1 aromatic carbocycles. The minimum atomic E-state index is -0.423. The summed E-state index contributed by atoms with van der Waals surface area (Å²) in [6.45, 7) is 3.92. The molecule has 8 nitrogen and oxygen atoms in total. The number of urea groups is 1. The molecule has 0 bridgehead atoms. The highest BCUT2D eigenvalue weighted by molar-refractivity contribution is 5.94. The zero-order valence-electron chi connectivity index (χ0n) is 16.9. The maximum atomic E-state index is 12.2. The highest BCUT2D eigenvalue weighted by Crippen LogP contribution is 2.12. The number of hydrogen-bond acceptors (Lipinski definition) is 5. The lowest BCUT2D eigenvalue weighted by molar-refractivity contribution is -0.134. The Morgan fingerprint density at radius 3 is 2.39 bits per heavy atom. The van der Waals surface area contributed by atoms with Gasteiger partial charge < -0.3 is 20.6 Å². The number of nitrogens with one attached hydrogen (secondary N) is 2. The molecular weight excluding hydrogens is 360 g/mol. The average Bonchev–Trinajstić information content (AvgIpc) is 2.64. The van der Waals surface area contributed by atoms with Gasteiger partial charge in [0.2, 0.25) is 6.41 Å². The van der Waals surface area contributed by atoms with Crippen molar-refractivity contribution in [2.24, 2.45) is 0 Å².